The lowest BCUT2D eigenvalue weighted by Crippen LogP contribution is -2.27. The molecule has 0 aromatic rings. The maximum atomic E-state index is 11.2. The summed E-state index contributed by atoms with van der Waals surface area (Å²) in [5, 5.41) is 8.64. The first-order chi connectivity index (χ1) is 7.43. The predicted octanol–water partition coefficient (Wildman–Crippen LogP) is -0.769. The van der Waals surface area contributed by atoms with Crippen molar-refractivity contribution in [2.75, 3.05) is 7.11 Å². The predicted molar refractivity (Wildman–Crippen MR) is 50.2 cm³/mol. The van der Waals surface area contributed by atoms with E-state index in [4.69, 9.17) is 11.0 Å². The van der Waals surface area contributed by atoms with E-state index in [1.165, 1.54) is 6.07 Å². The lowest BCUT2D eigenvalue weighted by Gasteiger charge is -2.07. The average Bonchev–Trinajstić information content (AvgIpc) is 2.22. The Balaban J connectivity index is 5.16. The van der Waals surface area contributed by atoms with Crippen LogP contribution in [0, 0.1) is 17.2 Å². The summed E-state index contributed by atoms with van der Waals surface area (Å²) < 4.78 is 8.72. The van der Waals surface area contributed by atoms with Crippen LogP contribution in [0.15, 0.2) is 11.8 Å². The van der Waals surface area contributed by atoms with Gasteiger partial charge in [-0.25, -0.2) is 4.79 Å². The monoisotopic (exact) mass is 226 g/mol. The molecule has 7 heteroatoms. The van der Waals surface area contributed by atoms with Crippen LogP contribution in [0.1, 0.15) is 6.92 Å². The number of ether oxygens (including phenoxy) is 2. The van der Waals surface area contributed by atoms with Crippen LogP contribution in [-0.2, 0) is 23.9 Å². The minimum absolute atomic E-state index is 0.423. The average molecular weight is 226 g/mol. The van der Waals surface area contributed by atoms with Crippen LogP contribution >= 0.6 is 0 Å². The zero-order chi connectivity index (χ0) is 12.7. The van der Waals surface area contributed by atoms with Gasteiger partial charge in [0, 0.05) is 6.92 Å². The zero-order valence-electron chi connectivity index (χ0n) is 8.72. The van der Waals surface area contributed by atoms with Crippen LogP contribution in [0.2, 0.25) is 0 Å². The summed E-state index contributed by atoms with van der Waals surface area (Å²) >= 11 is 0. The molecule has 0 aliphatic rings. The highest BCUT2D eigenvalue weighted by Gasteiger charge is 2.27. The van der Waals surface area contributed by atoms with Gasteiger partial charge in [-0.2, -0.15) is 5.26 Å². The first-order valence-electron chi connectivity index (χ1n) is 4.08. The van der Waals surface area contributed by atoms with E-state index in [1.54, 1.807) is 0 Å². The molecule has 0 heterocycles. The maximum Gasteiger partial charge on any atom is 0.338 e. The Hall–Kier alpha value is -2.36. The van der Waals surface area contributed by atoms with E-state index >= 15 is 0 Å². The second-order valence-electron chi connectivity index (χ2n) is 2.64. The van der Waals surface area contributed by atoms with Gasteiger partial charge in [0.1, 0.15) is 6.26 Å². The quantitative estimate of drug-likeness (QED) is 0.382. The molecule has 0 bridgehead atoms. The van der Waals surface area contributed by atoms with Crippen molar-refractivity contribution in [2.24, 2.45) is 11.7 Å². The van der Waals surface area contributed by atoms with Gasteiger partial charge in [0.25, 0.3) is 0 Å². The highest BCUT2D eigenvalue weighted by Crippen LogP contribution is 2.12. The summed E-state index contributed by atoms with van der Waals surface area (Å²) in [5.41, 5.74) is 4.47. The Bertz CT molecular complexity index is 380. The number of hydrogen-bond acceptors (Lipinski definition) is 6. The molecule has 1 unspecified atom stereocenters. The van der Waals surface area contributed by atoms with Crippen molar-refractivity contribution in [3.05, 3.63) is 11.8 Å². The minimum atomic E-state index is -1.52. The molecular weight excluding hydrogens is 216 g/mol. The van der Waals surface area contributed by atoms with Crippen molar-refractivity contribution in [3.8, 4) is 6.07 Å². The molecule has 0 fully saturated rings. The van der Waals surface area contributed by atoms with Gasteiger partial charge in [0.15, 0.2) is 5.92 Å². The Kier molecular flexibility index (Phi) is 5.27. The van der Waals surface area contributed by atoms with Crippen LogP contribution < -0.4 is 5.73 Å². The van der Waals surface area contributed by atoms with Crippen LogP contribution in [-0.4, -0.2) is 25.0 Å². The van der Waals surface area contributed by atoms with Gasteiger partial charge in [0.05, 0.1) is 18.8 Å². The van der Waals surface area contributed by atoms with Crippen molar-refractivity contribution in [2.45, 2.75) is 6.92 Å². The van der Waals surface area contributed by atoms with Crippen molar-refractivity contribution in [1.82, 2.24) is 0 Å². The number of esters is 2. The van der Waals surface area contributed by atoms with Crippen LogP contribution in [0.3, 0.4) is 0 Å². The molecule has 0 aliphatic carbocycles. The van der Waals surface area contributed by atoms with Gasteiger partial charge < -0.3 is 15.2 Å². The molecule has 0 saturated carbocycles. The first-order valence-corrected chi connectivity index (χ1v) is 4.08. The summed E-state index contributed by atoms with van der Waals surface area (Å²) in [4.78, 5) is 32.6. The molecule has 0 aromatic heterocycles. The van der Waals surface area contributed by atoms with Crippen LogP contribution in [0.5, 0.6) is 0 Å². The van der Waals surface area contributed by atoms with Gasteiger partial charge in [-0.15, -0.1) is 0 Å². The smallest absolute Gasteiger partial charge is 0.338 e. The third kappa shape index (κ3) is 3.79. The molecule has 0 spiro atoms. The molecule has 2 N–H and O–H groups in total. The van der Waals surface area contributed by atoms with Crippen LogP contribution in [0.25, 0.3) is 0 Å². The number of carbonyl (C=O) groups is 3. The number of methoxy groups -OCH3 is 1. The highest BCUT2D eigenvalue weighted by molar-refractivity contribution is 5.98. The Morgan fingerprint density at radius 3 is 2.31 bits per heavy atom. The number of carbonyl (C=O) groups excluding carboxylic acids is 3. The Morgan fingerprint density at radius 1 is 1.44 bits per heavy atom. The van der Waals surface area contributed by atoms with E-state index in [9.17, 15) is 14.4 Å². The van der Waals surface area contributed by atoms with E-state index in [0.29, 0.717) is 6.26 Å². The lowest BCUT2D eigenvalue weighted by atomic mass is 10.0. The summed E-state index contributed by atoms with van der Waals surface area (Å²) in [5.74, 6) is -4.23. The topological polar surface area (TPSA) is 119 Å². The van der Waals surface area contributed by atoms with Crippen molar-refractivity contribution >= 4 is 17.8 Å². The Morgan fingerprint density at radius 2 is 2.00 bits per heavy atom. The standard InChI is InChI=1S/C9H10N2O5/c1-5(12)16-4-7(9(14)15-2)6(3-10)8(11)13/h4,6H,1-2H3,(H2,11,13). The number of primary amides is 1. The number of hydrogen-bond donors (Lipinski definition) is 1. The molecule has 1 atom stereocenters. The van der Waals surface area contributed by atoms with Gasteiger partial charge in [-0.05, 0) is 0 Å². The van der Waals surface area contributed by atoms with E-state index in [1.807, 2.05) is 0 Å². The third-order valence-corrected chi connectivity index (χ3v) is 1.50. The number of nitriles is 1. The molecule has 1 amide bonds. The van der Waals surface area contributed by atoms with E-state index in [0.717, 1.165) is 14.0 Å². The fourth-order valence-corrected chi connectivity index (χ4v) is 0.785. The molecule has 0 aliphatic heterocycles. The van der Waals surface area contributed by atoms with E-state index < -0.39 is 29.3 Å². The van der Waals surface area contributed by atoms with Crippen molar-refractivity contribution in [1.29, 1.82) is 5.26 Å². The highest BCUT2D eigenvalue weighted by atomic mass is 16.5. The summed E-state index contributed by atoms with van der Waals surface area (Å²) in [7, 11) is 1.05. The largest absolute Gasteiger partial charge is 0.466 e. The normalized spacial score (nSPS) is 12.2. The minimum Gasteiger partial charge on any atom is -0.466 e. The second kappa shape index (κ2) is 6.19. The fourth-order valence-electron chi connectivity index (χ4n) is 0.785. The van der Waals surface area contributed by atoms with Gasteiger partial charge in [-0.3, -0.25) is 9.59 Å². The molecule has 0 rings (SSSR count). The molecule has 86 valence electrons. The summed E-state index contributed by atoms with van der Waals surface area (Å²) in [6, 6.07) is 1.51. The molecule has 7 nitrogen and oxygen atoms in total. The van der Waals surface area contributed by atoms with Crippen LogP contribution in [0.4, 0.5) is 0 Å². The van der Waals surface area contributed by atoms with E-state index in [-0.39, 0.29) is 0 Å². The number of amides is 1. The molecule has 16 heavy (non-hydrogen) atoms. The lowest BCUT2D eigenvalue weighted by molar-refractivity contribution is -0.138. The van der Waals surface area contributed by atoms with E-state index in [2.05, 4.69) is 9.47 Å². The number of nitrogens with zero attached hydrogens (tertiary/aromatic N) is 1. The SMILES string of the molecule is COC(=O)C(=COC(C)=O)C(C#N)C(N)=O. The summed E-state index contributed by atoms with van der Waals surface area (Å²) in [6.07, 6.45) is 0.687. The number of nitrogens with two attached hydrogens (primary N) is 1. The van der Waals surface area contributed by atoms with Gasteiger partial charge >= 0.3 is 11.9 Å². The summed E-state index contributed by atoms with van der Waals surface area (Å²) in [6.45, 7) is 1.09. The molecule has 0 saturated heterocycles. The van der Waals surface area contributed by atoms with Crippen molar-refractivity contribution in [3.63, 3.8) is 0 Å². The maximum absolute atomic E-state index is 11.2. The molecule has 0 radical (unpaired) electrons. The van der Waals surface area contributed by atoms with Gasteiger partial charge in [0.2, 0.25) is 5.91 Å². The Labute approximate surface area is 91.4 Å². The van der Waals surface area contributed by atoms with Gasteiger partial charge in [-0.1, -0.05) is 0 Å². The fraction of sp³-hybridized carbons (Fsp3) is 0.333. The molecule has 0 aromatic carbocycles. The third-order valence-electron chi connectivity index (χ3n) is 1.50. The molecular formula is C9H10N2O5. The second-order valence-corrected chi connectivity index (χ2v) is 2.64. The zero-order valence-corrected chi connectivity index (χ0v) is 8.72. The number of rotatable bonds is 4. The first kappa shape index (κ1) is 13.6. The van der Waals surface area contributed by atoms with Crippen molar-refractivity contribution < 1.29 is 23.9 Å².